The lowest BCUT2D eigenvalue weighted by atomic mass is 10.0. The van der Waals surface area contributed by atoms with E-state index < -0.39 is 10.0 Å². The Hall–Kier alpha value is -1.69. The third-order valence-electron chi connectivity index (χ3n) is 3.27. The Kier molecular flexibility index (Phi) is 3.71. The maximum absolute atomic E-state index is 12.0. The standard InChI is InChI=1S/C13H16N2O3S/c1-3-10(2)12(16)8-15-9-14-19(17,18)13-7-5-4-6-11(13)15/h4-7,9-10H,3,8H2,1-2H3. The Morgan fingerprint density at radius 1 is 1.37 bits per heavy atom. The summed E-state index contributed by atoms with van der Waals surface area (Å²) in [5, 5.41) is 0. The molecule has 0 aromatic heterocycles. The second-order valence-corrected chi connectivity index (χ2v) is 6.17. The average Bonchev–Trinajstić information content (AvgIpc) is 2.41. The average molecular weight is 280 g/mol. The summed E-state index contributed by atoms with van der Waals surface area (Å²) < 4.78 is 27.1. The predicted molar refractivity (Wildman–Crippen MR) is 73.9 cm³/mol. The molecule has 0 saturated heterocycles. The molecule has 0 N–H and O–H groups in total. The van der Waals surface area contributed by atoms with Gasteiger partial charge in [-0.05, 0) is 18.6 Å². The SMILES string of the molecule is CCC(C)C(=O)CN1C=NS(=O)(=O)c2ccccc21. The van der Waals surface area contributed by atoms with Crippen molar-refractivity contribution in [3.63, 3.8) is 0 Å². The van der Waals surface area contributed by atoms with Crippen LogP contribution in [0.3, 0.4) is 0 Å². The van der Waals surface area contributed by atoms with Crippen molar-refractivity contribution in [2.45, 2.75) is 25.2 Å². The summed E-state index contributed by atoms with van der Waals surface area (Å²) in [7, 11) is -3.62. The third-order valence-corrected chi connectivity index (χ3v) is 4.54. The lowest BCUT2D eigenvalue weighted by Gasteiger charge is -2.25. The first-order valence-electron chi connectivity index (χ1n) is 6.14. The fourth-order valence-electron chi connectivity index (χ4n) is 1.83. The van der Waals surface area contributed by atoms with E-state index in [0.29, 0.717) is 5.69 Å². The number of rotatable bonds is 4. The normalized spacial score (nSPS) is 17.9. The van der Waals surface area contributed by atoms with Gasteiger partial charge in [-0.15, -0.1) is 4.40 Å². The minimum absolute atomic E-state index is 0.0425. The van der Waals surface area contributed by atoms with Crippen LogP contribution in [0.2, 0.25) is 0 Å². The highest BCUT2D eigenvalue weighted by Gasteiger charge is 2.26. The summed E-state index contributed by atoms with van der Waals surface area (Å²) in [4.78, 5) is 13.7. The first-order valence-corrected chi connectivity index (χ1v) is 7.58. The molecule has 1 aliphatic heterocycles. The molecule has 1 unspecified atom stereocenters. The zero-order valence-corrected chi connectivity index (χ0v) is 11.7. The van der Waals surface area contributed by atoms with E-state index in [1.807, 2.05) is 13.8 Å². The van der Waals surface area contributed by atoms with Gasteiger partial charge in [-0.25, -0.2) is 0 Å². The molecule has 0 bridgehead atoms. The molecule has 0 amide bonds. The van der Waals surface area contributed by atoms with Gasteiger partial charge in [0, 0.05) is 5.92 Å². The van der Waals surface area contributed by atoms with Gasteiger partial charge in [0.2, 0.25) is 0 Å². The first-order chi connectivity index (χ1) is 8.95. The van der Waals surface area contributed by atoms with Crippen LogP contribution in [0.5, 0.6) is 0 Å². The van der Waals surface area contributed by atoms with Gasteiger partial charge in [0.15, 0.2) is 5.78 Å². The van der Waals surface area contributed by atoms with Crippen molar-refractivity contribution in [2.24, 2.45) is 10.3 Å². The fraction of sp³-hybridized carbons (Fsp3) is 0.385. The molecule has 2 rings (SSSR count). The molecular weight excluding hydrogens is 264 g/mol. The van der Waals surface area contributed by atoms with Gasteiger partial charge in [-0.1, -0.05) is 26.0 Å². The topological polar surface area (TPSA) is 66.8 Å². The number of sulfonamides is 1. The van der Waals surface area contributed by atoms with E-state index in [1.54, 1.807) is 23.1 Å². The van der Waals surface area contributed by atoms with Gasteiger partial charge < -0.3 is 4.90 Å². The summed E-state index contributed by atoms with van der Waals surface area (Å²) in [6.07, 6.45) is 1.99. The molecule has 1 atom stereocenters. The lowest BCUT2D eigenvalue weighted by molar-refractivity contribution is -0.120. The molecule has 0 saturated carbocycles. The van der Waals surface area contributed by atoms with Crippen molar-refractivity contribution >= 4 is 27.8 Å². The molecule has 1 aromatic carbocycles. The van der Waals surface area contributed by atoms with Crippen LogP contribution < -0.4 is 4.90 Å². The van der Waals surface area contributed by atoms with E-state index in [4.69, 9.17) is 0 Å². The van der Waals surface area contributed by atoms with Crippen molar-refractivity contribution < 1.29 is 13.2 Å². The van der Waals surface area contributed by atoms with E-state index >= 15 is 0 Å². The summed E-state index contributed by atoms with van der Waals surface area (Å²) in [6, 6.07) is 6.57. The lowest BCUT2D eigenvalue weighted by Crippen LogP contribution is -2.34. The third kappa shape index (κ3) is 2.68. The van der Waals surface area contributed by atoms with Crippen LogP contribution in [-0.2, 0) is 14.8 Å². The number of Topliss-reactive ketones (excluding diaryl/α,β-unsaturated/α-hetero) is 1. The van der Waals surface area contributed by atoms with E-state index in [-0.39, 0.29) is 23.1 Å². The molecule has 19 heavy (non-hydrogen) atoms. The highest BCUT2D eigenvalue weighted by molar-refractivity contribution is 7.90. The number of carbonyl (C=O) groups is 1. The van der Waals surface area contributed by atoms with Gasteiger partial charge in [-0.2, -0.15) is 8.42 Å². The predicted octanol–water partition coefficient (Wildman–Crippen LogP) is 1.84. The number of nitrogens with zero attached hydrogens (tertiary/aromatic N) is 2. The fourth-order valence-corrected chi connectivity index (χ4v) is 2.88. The number of fused-ring (bicyclic) bond motifs is 1. The number of hydrogen-bond donors (Lipinski definition) is 0. The second-order valence-electron chi connectivity index (χ2n) is 4.57. The quantitative estimate of drug-likeness (QED) is 0.844. The van der Waals surface area contributed by atoms with E-state index in [0.717, 1.165) is 6.42 Å². The maximum Gasteiger partial charge on any atom is 0.285 e. The van der Waals surface area contributed by atoms with Gasteiger partial charge in [0.1, 0.15) is 11.2 Å². The molecule has 0 fully saturated rings. The number of para-hydroxylation sites is 1. The van der Waals surface area contributed by atoms with Crippen LogP contribution in [0.25, 0.3) is 0 Å². The Bertz CT molecular complexity index is 623. The zero-order valence-electron chi connectivity index (χ0n) is 10.9. The van der Waals surface area contributed by atoms with Crippen molar-refractivity contribution in [3.8, 4) is 0 Å². The highest BCUT2D eigenvalue weighted by Crippen LogP contribution is 2.29. The molecule has 1 heterocycles. The highest BCUT2D eigenvalue weighted by atomic mass is 32.2. The largest absolute Gasteiger partial charge is 0.323 e. The Morgan fingerprint density at radius 2 is 2.05 bits per heavy atom. The number of hydrogen-bond acceptors (Lipinski definition) is 4. The van der Waals surface area contributed by atoms with E-state index in [1.165, 1.54) is 12.4 Å². The van der Waals surface area contributed by atoms with Gasteiger partial charge in [-0.3, -0.25) is 4.79 Å². The van der Waals surface area contributed by atoms with Crippen LogP contribution in [-0.4, -0.2) is 27.1 Å². The zero-order chi connectivity index (χ0) is 14.0. The summed E-state index contributed by atoms with van der Waals surface area (Å²) in [5.74, 6) is 0.0298. The van der Waals surface area contributed by atoms with E-state index in [9.17, 15) is 13.2 Å². The molecule has 0 radical (unpaired) electrons. The Labute approximate surface area is 113 Å². The van der Waals surface area contributed by atoms with Crippen molar-refractivity contribution in [2.75, 3.05) is 11.4 Å². The summed E-state index contributed by atoms with van der Waals surface area (Å²) in [5.41, 5.74) is 0.508. The van der Waals surface area contributed by atoms with Crippen molar-refractivity contribution in [3.05, 3.63) is 24.3 Å². The second kappa shape index (κ2) is 5.13. The van der Waals surface area contributed by atoms with Crippen molar-refractivity contribution in [1.82, 2.24) is 0 Å². The van der Waals surface area contributed by atoms with Gasteiger partial charge in [0.05, 0.1) is 12.2 Å². The number of ketones is 1. The Balaban J connectivity index is 2.33. The van der Waals surface area contributed by atoms with Crippen LogP contribution in [0.4, 0.5) is 5.69 Å². The van der Waals surface area contributed by atoms with E-state index in [2.05, 4.69) is 4.40 Å². The number of carbonyl (C=O) groups excluding carboxylic acids is 1. The molecule has 1 aromatic rings. The van der Waals surface area contributed by atoms with Crippen LogP contribution in [0.1, 0.15) is 20.3 Å². The summed E-state index contributed by atoms with van der Waals surface area (Å²) in [6.45, 7) is 3.96. The van der Waals surface area contributed by atoms with Gasteiger partial charge >= 0.3 is 0 Å². The monoisotopic (exact) mass is 280 g/mol. The number of anilines is 1. The molecule has 0 aliphatic carbocycles. The summed E-state index contributed by atoms with van der Waals surface area (Å²) >= 11 is 0. The molecule has 0 spiro atoms. The van der Waals surface area contributed by atoms with Crippen LogP contribution in [0, 0.1) is 5.92 Å². The minimum Gasteiger partial charge on any atom is -0.323 e. The van der Waals surface area contributed by atoms with Crippen LogP contribution >= 0.6 is 0 Å². The number of benzene rings is 1. The molecule has 102 valence electrons. The molecule has 1 aliphatic rings. The van der Waals surface area contributed by atoms with Crippen molar-refractivity contribution in [1.29, 1.82) is 0 Å². The molecule has 5 nitrogen and oxygen atoms in total. The molecule has 6 heteroatoms. The Morgan fingerprint density at radius 3 is 2.74 bits per heavy atom. The first kappa shape index (κ1) is 13.7. The smallest absolute Gasteiger partial charge is 0.285 e. The molecular formula is C13H16N2O3S. The minimum atomic E-state index is -3.62. The van der Waals surface area contributed by atoms with Gasteiger partial charge in [0.25, 0.3) is 10.0 Å². The maximum atomic E-state index is 12.0. The van der Waals surface area contributed by atoms with Crippen LogP contribution in [0.15, 0.2) is 33.6 Å².